The SMILES string of the molecule is COCCOc1cc(NC(=O)c2ccc(NC[C@@H](C)N)c3cnc(OC)nc23)cc2c(OCCOc3cc(NC(=O)c4ccc(NC[C@H](C)N)c5cnc(OC)nc45)cc4cn(C)nc34)n(C)nc12. The van der Waals surface area contributed by atoms with E-state index in [1.54, 1.807) is 85.4 Å². The molecule has 22 nitrogen and oxygen atoms in total. The first-order valence-corrected chi connectivity index (χ1v) is 22.0. The molecule has 4 aromatic heterocycles. The third-order valence-electron chi connectivity index (χ3n) is 10.7. The molecule has 0 aliphatic heterocycles. The third-order valence-corrected chi connectivity index (χ3v) is 10.7. The van der Waals surface area contributed by atoms with Crippen LogP contribution in [0.1, 0.15) is 34.6 Å². The molecule has 8 rings (SSSR count). The molecule has 0 bridgehead atoms. The molecule has 0 fully saturated rings. The molecule has 4 aromatic carbocycles. The summed E-state index contributed by atoms with van der Waals surface area (Å²) in [6, 6.07) is 13.9. The highest BCUT2D eigenvalue weighted by atomic mass is 16.5. The van der Waals surface area contributed by atoms with Gasteiger partial charge in [-0.25, -0.2) is 14.6 Å². The minimum atomic E-state index is -0.438. The summed E-state index contributed by atoms with van der Waals surface area (Å²) in [7, 11) is 8.04. The fourth-order valence-corrected chi connectivity index (χ4v) is 7.54. The first-order valence-electron chi connectivity index (χ1n) is 22.0. The number of aryl methyl sites for hydroxylation is 2. The van der Waals surface area contributed by atoms with Crippen molar-refractivity contribution in [1.29, 1.82) is 0 Å². The average molecular weight is 943 g/mol. The molecule has 2 atom stereocenters. The van der Waals surface area contributed by atoms with Crippen molar-refractivity contribution in [1.82, 2.24) is 39.5 Å². The van der Waals surface area contributed by atoms with E-state index in [2.05, 4.69) is 46.3 Å². The van der Waals surface area contributed by atoms with Gasteiger partial charge in [-0.05, 0) is 50.2 Å². The molecule has 0 aliphatic rings. The van der Waals surface area contributed by atoms with Crippen molar-refractivity contribution in [2.24, 2.45) is 25.6 Å². The molecule has 0 saturated heterocycles. The smallest absolute Gasteiger partial charge is 0.316 e. The molecule has 360 valence electrons. The average Bonchev–Trinajstić information content (AvgIpc) is 3.87. The molecule has 0 unspecified atom stereocenters. The highest BCUT2D eigenvalue weighted by molar-refractivity contribution is 6.15. The summed E-state index contributed by atoms with van der Waals surface area (Å²) in [4.78, 5) is 45.7. The van der Waals surface area contributed by atoms with Crippen LogP contribution in [-0.2, 0) is 18.8 Å². The Balaban J connectivity index is 1.03. The van der Waals surface area contributed by atoms with Gasteiger partial charge < -0.3 is 61.2 Å². The molecule has 8 aromatic rings. The van der Waals surface area contributed by atoms with Gasteiger partial charge >= 0.3 is 12.0 Å². The Bertz CT molecular complexity index is 3170. The molecule has 69 heavy (non-hydrogen) atoms. The van der Waals surface area contributed by atoms with Crippen LogP contribution in [0.25, 0.3) is 43.6 Å². The van der Waals surface area contributed by atoms with E-state index in [1.165, 1.54) is 14.2 Å². The van der Waals surface area contributed by atoms with Crippen molar-refractivity contribution in [3.8, 4) is 29.4 Å². The van der Waals surface area contributed by atoms with E-state index in [0.717, 1.165) is 16.8 Å². The van der Waals surface area contributed by atoms with Gasteiger partial charge in [-0.3, -0.25) is 14.3 Å². The van der Waals surface area contributed by atoms with Crippen LogP contribution in [0.2, 0.25) is 0 Å². The number of carbonyl (C=O) groups is 2. The number of rotatable bonds is 21. The molecule has 0 radical (unpaired) electrons. The zero-order valence-electron chi connectivity index (χ0n) is 39.2. The van der Waals surface area contributed by atoms with Crippen LogP contribution in [0, 0.1) is 0 Å². The number of fused-ring (bicyclic) bond motifs is 4. The first kappa shape index (κ1) is 47.4. The van der Waals surface area contributed by atoms with Crippen LogP contribution in [0.4, 0.5) is 22.7 Å². The van der Waals surface area contributed by atoms with Crippen LogP contribution >= 0.6 is 0 Å². The van der Waals surface area contributed by atoms with Crippen LogP contribution in [0.3, 0.4) is 0 Å². The normalized spacial score (nSPS) is 12.2. The summed E-state index contributed by atoms with van der Waals surface area (Å²) in [6.07, 6.45) is 5.04. The van der Waals surface area contributed by atoms with Gasteiger partial charge in [0, 0.05) is 116 Å². The van der Waals surface area contributed by atoms with Gasteiger partial charge in [0.25, 0.3) is 11.8 Å². The van der Waals surface area contributed by atoms with Crippen molar-refractivity contribution in [2.75, 3.05) is 82.1 Å². The van der Waals surface area contributed by atoms with Crippen molar-refractivity contribution >= 4 is 78.2 Å². The number of nitrogens with zero attached hydrogens (tertiary/aromatic N) is 8. The largest absolute Gasteiger partial charge is 0.489 e. The monoisotopic (exact) mass is 942 g/mol. The molecule has 0 saturated carbocycles. The molecule has 2 amide bonds. The number of nitrogens with one attached hydrogen (secondary N) is 4. The van der Waals surface area contributed by atoms with E-state index in [4.69, 9.17) is 45.0 Å². The maximum absolute atomic E-state index is 14.1. The lowest BCUT2D eigenvalue weighted by atomic mass is 10.1. The number of hydrogen-bond donors (Lipinski definition) is 6. The Kier molecular flexibility index (Phi) is 14.3. The second-order valence-corrected chi connectivity index (χ2v) is 16.2. The summed E-state index contributed by atoms with van der Waals surface area (Å²) in [5, 5.41) is 24.5. The molecule has 4 heterocycles. The number of aromatic nitrogens is 8. The van der Waals surface area contributed by atoms with E-state index in [1.807, 2.05) is 26.1 Å². The van der Waals surface area contributed by atoms with Gasteiger partial charge in [-0.2, -0.15) is 20.2 Å². The minimum Gasteiger partial charge on any atom is -0.489 e. The standard InChI is InChI=1S/C47H54N14O8/c1-25(48)20-50-35-10-8-30(40-33(35)22-52-46(56-40)65-6)43(62)54-28-16-27-24-60(3)58-39(27)37(18-28)68-14-15-69-45-32-17-29(19-38(67-13-12-64-5)42(32)59-61(45)4)55-44(63)31-9-11-36(51-21-26(2)49)34-23-53-47(66-7)57-41(31)34/h8-11,16-19,22-26,50-51H,12-15,20-21,48-49H2,1-7H3,(H,54,62)(H,55,63)/t25-,26+/m0/s1. The van der Waals surface area contributed by atoms with E-state index in [-0.39, 0.29) is 49.5 Å². The predicted octanol–water partition coefficient (Wildman–Crippen LogP) is 4.87. The van der Waals surface area contributed by atoms with Gasteiger partial charge in [0.2, 0.25) is 5.88 Å². The van der Waals surface area contributed by atoms with Crippen LogP contribution < -0.4 is 56.4 Å². The molecule has 22 heteroatoms. The maximum atomic E-state index is 14.1. The molecule has 0 aliphatic carbocycles. The minimum absolute atomic E-state index is 0.0731. The van der Waals surface area contributed by atoms with Gasteiger partial charge in [-0.15, -0.1) is 0 Å². The summed E-state index contributed by atoms with van der Waals surface area (Å²) in [6.45, 7) is 5.47. The Morgan fingerprint density at radius 2 is 1.16 bits per heavy atom. The van der Waals surface area contributed by atoms with Crippen LogP contribution in [0.5, 0.6) is 29.4 Å². The molecular weight excluding hydrogens is 889 g/mol. The lowest BCUT2D eigenvalue weighted by Gasteiger charge is -2.15. The summed E-state index contributed by atoms with van der Waals surface area (Å²) in [5.41, 5.74) is 16.8. The summed E-state index contributed by atoms with van der Waals surface area (Å²) >= 11 is 0. The zero-order chi connectivity index (χ0) is 48.8. The molecule has 0 spiro atoms. The van der Waals surface area contributed by atoms with Crippen LogP contribution in [0.15, 0.2) is 67.1 Å². The number of benzene rings is 4. The molecule has 8 N–H and O–H groups in total. The van der Waals surface area contributed by atoms with Crippen molar-refractivity contribution in [2.45, 2.75) is 25.9 Å². The van der Waals surface area contributed by atoms with E-state index in [9.17, 15) is 9.59 Å². The summed E-state index contributed by atoms with van der Waals surface area (Å²) in [5.74, 6) is 0.358. The number of anilines is 4. The highest BCUT2D eigenvalue weighted by Gasteiger charge is 2.22. The number of ether oxygens (including phenoxy) is 6. The fourth-order valence-electron chi connectivity index (χ4n) is 7.54. The highest BCUT2D eigenvalue weighted by Crippen LogP contribution is 2.37. The first-order chi connectivity index (χ1) is 33.3. The number of carbonyl (C=O) groups excluding carboxylic acids is 2. The molecular formula is C47H54N14O8. The summed E-state index contributed by atoms with van der Waals surface area (Å²) < 4.78 is 37.9. The van der Waals surface area contributed by atoms with Gasteiger partial charge in [0.05, 0.1) is 48.4 Å². The Hall–Kier alpha value is -8.08. The predicted molar refractivity (Wildman–Crippen MR) is 262 cm³/mol. The van der Waals surface area contributed by atoms with Gasteiger partial charge in [0.15, 0.2) is 0 Å². The van der Waals surface area contributed by atoms with Crippen molar-refractivity contribution in [3.05, 3.63) is 78.2 Å². The Morgan fingerprint density at radius 1 is 0.638 bits per heavy atom. The van der Waals surface area contributed by atoms with Gasteiger partial charge in [0.1, 0.15) is 42.4 Å². The second kappa shape index (κ2) is 20.8. The van der Waals surface area contributed by atoms with Gasteiger partial charge in [-0.1, -0.05) is 0 Å². The second-order valence-electron chi connectivity index (χ2n) is 16.2. The van der Waals surface area contributed by atoms with Crippen molar-refractivity contribution < 1.29 is 38.0 Å². The van der Waals surface area contributed by atoms with Crippen LogP contribution in [-0.4, -0.2) is 124 Å². The quantitative estimate of drug-likeness (QED) is 0.0524. The van der Waals surface area contributed by atoms with Crippen molar-refractivity contribution in [3.63, 3.8) is 0 Å². The fraction of sp³-hybridized carbons (Fsp3) is 0.319. The zero-order valence-corrected chi connectivity index (χ0v) is 39.2. The number of nitrogens with two attached hydrogens (primary N) is 2. The van der Waals surface area contributed by atoms with E-state index >= 15 is 0 Å². The number of hydrogen-bond acceptors (Lipinski definition) is 18. The Labute approximate surface area is 396 Å². The third kappa shape index (κ3) is 10.6. The Morgan fingerprint density at radius 3 is 1.70 bits per heavy atom. The van der Waals surface area contributed by atoms with E-state index < -0.39 is 11.8 Å². The van der Waals surface area contributed by atoms with E-state index in [0.29, 0.717) is 92.2 Å². The maximum Gasteiger partial charge on any atom is 0.316 e. The topological polar surface area (TPSA) is 277 Å². The number of amides is 2. The lowest BCUT2D eigenvalue weighted by Crippen LogP contribution is -2.25. The lowest BCUT2D eigenvalue weighted by molar-refractivity contribution is 0.102. The number of methoxy groups -OCH3 is 3.